The third-order valence-corrected chi connectivity index (χ3v) is 15.1. The van der Waals surface area contributed by atoms with E-state index in [0.717, 1.165) is 11.7 Å². The van der Waals surface area contributed by atoms with Crippen molar-refractivity contribution in [2.45, 2.75) is 105 Å². The molecule has 328 valence electrons. The van der Waals surface area contributed by atoms with E-state index in [1.54, 1.807) is 0 Å². The van der Waals surface area contributed by atoms with Gasteiger partial charge >= 0.3 is 11.9 Å². The van der Waals surface area contributed by atoms with Gasteiger partial charge in [-0.2, -0.15) is 8.68 Å². The summed E-state index contributed by atoms with van der Waals surface area (Å²) >= 11 is 1.65. The Hall–Kier alpha value is -2.87. The van der Waals surface area contributed by atoms with E-state index in [1.165, 1.54) is 31.3 Å². The third-order valence-electron chi connectivity index (χ3n) is 9.00. The van der Waals surface area contributed by atoms with Crippen LogP contribution in [0.25, 0.3) is 0 Å². The molecule has 0 saturated carbocycles. The third kappa shape index (κ3) is 13.8. The first kappa shape index (κ1) is 47.8. The minimum absolute atomic E-state index is 0.0124. The second-order valence-electron chi connectivity index (χ2n) is 15.0. The van der Waals surface area contributed by atoms with Gasteiger partial charge in [0.15, 0.2) is 5.78 Å². The summed E-state index contributed by atoms with van der Waals surface area (Å²) in [6.07, 6.45) is -2.11. The van der Waals surface area contributed by atoms with Crippen LogP contribution in [0.2, 0.25) is 0 Å². The normalized spacial score (nSPS) is 18.9. The Morgan fingerprint density at radius 3 is 2.43 bits per heavy atom. The molecule has 2 unspecified atom stereocenters. The average molecular weight is 896 g/mol. The zero-order valence-corrected chi connectivity index (χ0v) is 37.4. The Bertz CT molecular complexity index is 1900. The monoisotopic (exact) mass is 895 g/mol. The molecule has 0 aliphatic carbocycles. The fourth-order valence-corrected chi connectivity index (χ4v) is 11.7. The number of fused-ring (bicyclic) bond motifs is 1. The summed E-state index contributed by atoms with van der Waals surface area (Å²) in [6, 6.07) is -0.314. The molecule has 0 aromatic carbocycles. The molecule has 0 bridgehead atoms. The van der Waals surface area contributed by atoms with Crippen molar-refractivity contribution < 1.29 is 54.9 Å². The summed E-state index contributed by atoms with van der Waals surface area (Å²) in [4.78, 5) is 40.6. The van der Waals surface area contributed by atoms with Crippen LogP contribution in [-0.4, -0.2) is 144 Å². The van der Waals surface area contributed by atoms with Crippen LogP contribution >= 0.6 is 23.1 Å². The molecule has 3 N–H and O–H groups in total. The van der Waals surface area contributed by atoms with E-state index < -0.39 is 62.1 Å². The van der Waals surface area contributed by atoms with Gasteiger partial charge in [-0.1, -0.05) is 6.92 Å². The number of anilines is 1. The summed E-state index contributed by atoms with van der Waals surface area (Å²) in [7, 11) is -6.75. The minimum atomic E-state index is -4.32. The fourth-order valence-electron chi connectivity index (χ4n) is 6.03. The first-order valence-electron chi connectivity index (χ1n) is 19.2. The Labute approximate surface area is 349 Å². The van der Waals surface area contributed by atoms with Gasteiger partial charge < -0.3 is 39.2 Å². The number of nitrogens with one attached hydrogen (secondary N) is 3. The Kier molecular flexibility index (Phi) is 17.8. The number of likely N-dealkylation sites (N-methyl/N-ethyl adjacent to an activating group) is 1. The molecule has 58 heavy (non-hydrogen) atoms. The highest BCUT2D eigenvalue weighted by Gasteiger charge is 2.40. The molecular formula is C35H57N7O12S4. The Balaban J connectivity index is 1.27. The lowest BCUT2D eigenvalue weighted by Gasteiger charge is -2.32. The lowest BCUT2D eigenvalue weighted by molar-refractivity contribution is -0.157. The van der Waals surface area contributed by atoms with Gasteiger partial charge in [0.1, 0.15) is 27.2 Å². The van der Waals surface area contributed by atoms with Crippen LogP contribution in [0.15, 0.2) is 14.5 Å². The number of ketones is 1. The molecule has 0 radical (unpaired) electrons. The number of thiophene rings is 1. The number of aromatic nitrogens is 2. The predicted octanol–water partition coefficient (Wildman–Crippen LogP) is 1.84. The SMILES string of the molecule is CCN[C@H]1CN(CCCOC)S(=O)(=O)c2sc(S(=O)(=O)NC(C)C(=O)CC(C)OC(=O)CCC(=O)O[C@@H](CNC(C)(C)C)COc3nsnc3N3CCOCC3)cc21. The van der Waals surface area contributed by atoms with Crippen molar-refractivity contribution in [3.8, 4) is 5.88 Å². The number of hydrogen-bond acceptors (Lipinski definition) is 19. The van der Waals surface area contributed by atoms with Crippen LogP contribution in [-0.2, 0) is 53.4 Å². The molecule has 19 nitrogen and oxygen atoms in total. The lowest BCUT2D eigenvalue weighted by Crippen LogP contribution is -2.44. The van der Waals surface area contributed by atoms with Gasteiger partial charge in [-0.05, 0) is 53.7 Å². The first-order valence-corrected chi connectivity index (χ1v) is 23.6. The number of carbonyl (C=O) groups excluding carboxylic acids is 3. The van der Waals surface area contributed by atoms with Crippen molar-refractivity contribution in [2.75, 3.05) is 77.7 Å². The van der Waals surface area contributed by atoms with E-state index in [4.69, 9.17) is 23.7 Å². The number of methoxy groups -OCH3 is 1. The van der Waals surface area contributed by atoms with Gasteiger partial charge in [-0.25, -0.2) is 21.6 Å². The number of esters is 2. The van der Waals surface area contributed by atoms with Crippen molar-refractivity contribution >= 4 is 66.7 Å². The highest BCUT2D eigenvalue weighted by Crippen LogP contribution is 2.40. The molecule has 1 saturated heterocycles. The molecule has 2 aromatic rings. The lowest BCUT2D eigenvalue weighted by atomic mass is 10.1. The van der Waals surface area contributed by atoms with Crippen LogP contribution in [0.1, 0.15) is 78.8 Å². The standard InChI is InChI=1S/C35H57N7O12S4/c1-8-36-27-21-42(12-9-15-50-7)58(48,49)34-26(27)19-31(55-34)57(46,47)40-24(3)28(43)18-23(2)53-29(44)10-11-30(45)54-25(20-37-35(4,5)6)22-52-33-32(38-56-39-33)41-13-16-51-17-14-41/h19,23-25,27,36-37,40H,8-18,20-22H2,1-7H3/t23?,24?,25-,27-/m0/s1. The van der Waals surface area contributed by atoms with Crippen LogP contribution < -0.4 is 25.0 Å². The maximum absolute atomic E-state index is 13.5. The zero-order valence-electron chi connectivity index (χ0n) is 34.1. The van der Waals surface area contributed by atoms with Gasteiger partial charge in [-0.3, -0.25) is 14.4 Å². The molecule has 23 heteroatoms. The van der Waals surface area contributed by atoms with E-state index in [1.807, 2.05) is 32.6 Å². The number of ether oxygens (including phenoxy) is 5. The molecule has 2 aliphatic heterocycles. The predicted molar refractivity (Wildman–Crippen MR) is 216 cm³/mol. The molecule has 2 aliphatic rings. The van der Waals surface area contributed by atoms with E-state index in [2.05, 4.69) is 24.1 Å². The summed E-state index contributed by atoms with van der Waals surface area (Å²) in [5.41, 5.74) is 0.0743. The topological polar surface area (TPSA) is 234 Å². The van der Waals surface area contributed by atoms with E-state index in [0.29, 0.717) is 74.5 Å². The minimum Gasteiger partial charge on any atom is -0.470 e. The van der Waals surface area contributed by atoms with Crippen LogP contribution in [0.5, 0.6) is 5.88 Å². The number of sulfonamides is 2. The molecule has 1 fully saturated rings. The number of Topliss-reactive ketones (excluding diaryl/α,β-unsaturated/α-hetero) is 1. The van der Waals surface area contributed by atoms with E-state index in [9.17, 15) is 31.2 Å². The van der Waals surface area contributed by atoms with Crippen molar-refractivity contribution in [3.63, 3.8) is 0 Å². The van der Waals surface area contributed by atoms with Crippen molar-refractivity contribution in [3.05, 3.63) is 11.6 Å². The van der Waals surface area contributed by atoms with Gasteiger partial charge in [0, 0.05) is 70.0 Å². The van der Waals surface area contributed by atoms with Gasteiger partial charge in [0.05, 0.1) is 43.8 Å². The second kappa shape index (κ2) is 21.6. The number of morpholine rings is 1. The number of rotatable bonds is 23. The molecule has 4 heterocycles. The van der Waals surface area contributed by atoms with Gasteiger partial charge in [0.25, 0.3) is 25.9 Å². The van der Waals surface area contributed by atoms with Crippen LogP contribution in [0, 0.1) is 0 Å². The van der Waals surface area contributed by atoms with Gasteiger partial charge in [-0.15, -0.1) is 15.7 Å². The number of nitrogens with zero attached hydrogens (tertiary/aromatic N) is 4. The molecule has 0 spiro atoms. The van der Waals surface area contributed by atoms with Crippen LogP contribution in [0.3, 0.4) is 0 Å². The molecule has 0 amide bonds. The van der Waals surface area contributed by atoms with Gasteiger partial charge in [0.2, 0.25) is 5.82 Å². The second-order valence-corrected chi connectivity index (χ2v) is 20.6. The summed E-state index contributed by atoms with van der Waals surface area (Å²) in [5.74, 6) is -1.03. The quantitative estimate of drug-likeness (QED) is 0.107. The number of hydrogen-bond donors (Lipinski definition) is 3. The van der Waals surface area contributed by atoms with Crippen molar-refractivity contribution in [1.82, 2.24) is 28.4 Å². The van der Waals surface area contributed by atoms with Crippen molar-refractivity contribution in [2.24, 2.45) is 0 Å². The molecule has 2 aromatic heterocycles. The molecule has 4 rings (SSSR count). The summed E-state index contributed by atoms with van der Waals surface area (Å²) < 4.78 is 93.2. The maximum Gasteiger partial charge on any atom is 0.306 e. The van der Waals surface area contributed by atoms with Crippen molar-refractivity contribution in [1.29, 1.82) is 0 Å². The Morgan fingerprint density at radius 1 is 1.09 bits per heavy atom. The van der Waals surface area contributed by atoms with Crippen LogP contribution in [0.4, 0.5) is 5.82 Å². The fraction of sp³-hybridized carbons (Fsp3) is 0.743. The smallest absolute Gasteiger partial charge is 0.306 e. The van der Waals surface area contributed by atoms with E-state index >= 15 is 0 Å². The first-order chi connectivity index (χ1) is 27.3. The Morgan fingerprint density at radius 2 is 1.78 bits per heavy atom. The largest absolute Gasteiger partial charge is 0.470 e. The zero-order chi connectivity index (χ0) is 42.7. The molecule has 4 atom stereocenters. The number of carbonyl (C=O) groups is 3. The van der Waals surface area contributed by atoms with E-state index in [-0.39, 0.29) is 59.5 Å². The summed E-state index contributed by atoms with van der Waals surface area (Å²) in [6.45, 7) is 14.5. The maximum atomic E-state index is 13.5. The molecular weight excluding hydrogens is 839 g/mol. The highest BCUT2D eigenvalue weighted by atomic mass is 32.3. The average Bonchev–Trinajstić information content (AvgIpc) is 3.83. The summed E-state index contributed by atoms with van der Waals surface area (Å²) in [5, 5.41) is 6.52. The highest BCUT2D eigenvalue weighted by molar-refractivity contribution is 7.94.